The third-order valence-electron chi connectivity index (χ3n) is 6.36. The van der Waals surface area contributed by atoms with Crippen LogP contribution in [0.3, 0.4) is 0 Å². The molecule has 3 aromatic carbocycles. The largest absolute Gasteiger partial charge is 0.419 e. The number of benzene rings is 3. The van der Waals surface area contributed by atoms with Crippen LogP contribution in [0, 0.1) is 0 Å². The van der Waals surface area contributed by atoms with Gasteiger partial charge in [-0.05, 0) is 51.9 Å². The van der Waals surface area contributed by atoms with Gasteiger partial charge in [0.1, 0.15) is 10.6 Å². The van der Waals surface area contributed by atoms with Crippen molar-refractivity contribution in [1.29, 1.82) is 0 Å². The number of esters is 1. The van der Waals surface area contributed by atoms with E-state index in [1.54, 1.807) is 41.8 Å². The van der Waals surface area contributed by atoms with Gasteiger partial charge in [-0.1, -0.05) is 54.6 Å². The molecule has 0 fully saturated rings. The van der Waals surface area contributed by atoms with Gasteiger partial charge in [0, 0.05) is 28.6 Å². The molecule has 188 valence electrons. The fourth-order valence-electron chi connectivity index (χ4n) is 4.47. The Morgan fingerprint density at radius 2 is 1.55 bits per heavy atom. The van der Waals surface area contributed by atoms with Crippen LogP contribution in [-0.2, 0) is 14.8 Å². The molecule has 6 rings (SSSR count). The molecule has 0 radical (unpaired) electrons. The highest BCUT2D eigenvalue weighted by molar-refractivity contribution is 7.89. The third-order valence-corrected chi connectivity index (χ3v) is 9.97. The molecule has 38 heavy (non-hydrogen) atoms. The molecule has 0 spiro atoms. The van der Waals surface area contributed by atoms with Crippen molar-refractivity contribution in [2.24, 2.45) is 0 Å². The van der Waals surface area contributed by atoms with Crippen LogP contribution >= 0.6 is 22.7 Å². The Morgan fingerprint density at radius 3 is 2.34 bits per heavy atom. The summed E-state index contributed by atoms with van der Waals surface area (Å²) >= 11 is 2.72. The summed E-state index contributed by atoms with van der Waals surface area (Å²) in [6, 6.07) is 24.6. The van der Waals surface area contributed by atoms with Crippen molar-refractivity contribution in [3.63, 3.8) is 0 Å². The Kier molecular flexibility index (Phi) is 5.98. The summed E-state index contributed by atoms with van der Waals surface area (Å²) in [5.41, 5.74) is 0.950. The number of carbonyl (C=O) groups excluding carboxylic acids is 2. The van der Waals surface area contributed by atoms with Gasteiger partial charge in [0.2, 0.25) is 5.78 Å². The molecule has 0 saturated carbocycles. The van der Waals surface area contributed by atoms with Crippen molar-refractivity contribution in [2.75, 3.05) is 7.05 Å². The van der Waals surface area contributed by atoms with Crippen LogP contribution in [0.5, 0.6) is 0 Å². The Balaban J connectivity index is 1.52. The number of fused-ring (bicyclic) bond motifs is 2. The Hall–Kier alpha value is -4.05. The highest BCUT2D eigenvalue weighted by Gasteiger charge is 2.40. The fourth-order valence-corrected chi connectivity index (χ4v) is 7.46. The average molecular weight is 558 g/mol. The van der Waals surface area contributed by atoms with Crippen molar-refractivity contribution in [1.82, 2.24) is 4.31 Å². The molecule has 0 atom stereocenters. The van der Waals surface area contributed by atoms with Gasteiger partial charge in [0.15, 0.2) is 5.76 Å². The van der Waals surface area contributed by atoms with E-state index < -0.39 is 21.8 Å². The lowest BCUT2D eigenvalue weighted by atomic mass is 10.0. The summed E-state index contributed by atoms with van der Waals surface area (Å²) < 4.78 is 33.7. The third kappa shape index (κ3) is 3.96. The highest BCUT2D eigenvalue weighted by atomic mass is 32.2. The number of allylic oxidation sites excluding steroid dienone is 1. The maximum absolute atomic E-state index is 13.9. The molecule has 6 nitrogen and oxygen atoms in total. The number of hydrogen-bond acceptors (Lipinski definition) is 7. The Labute approximate surface area is 227 Å². The quantitative estimate of drug-likeness (QED) is 0.178. The monoisotopic (exact) mass is 557 g/mol. The van der Waals surface area contributed by atoms with Gasteiger partial charge < -0.3 is 4.74 Å². The molecule has 5 aromatic rings. The van der Waals surface area contributed by atoms with E-state index in [-0.39, 0.29) is 27.5 Å². The zero-order valence-electron chi connectivity index (χ0n) is 20.0. The van der Waals surface area contributed by atoms with Gasteiger partial charge >= 0.3 is 5.97 Å². The van der Waals surface area contributed by atoms with E-state index in [2.05, 4.69) is 0 Å². The van der Waals surface area contributed by atoms with Gasteiger partial charge in [-0.3, -0.25) is 9.10 Å². The maximum atomic E-state index is 13.9. The topological polar surface area (TPSA) is 80.8 Å². The van der Waals surface area contributed by atoms with E-state index in [0.29, 0.717) is 4.88 Å². The van der Waals surface area contributed by atoms with Crippen molar-refractivity contribution in [3.05, 3.63) is 117 Å². The molecular weight excluding hydrogens is 539 g/mol. The van der Waals surface area contributed by atoms with E-state index in [9.17, 15) is 18.0 Å². The Bertz CT molecular complexity index is 1870. The van der Waals surface area contributed by atoms with Crippen LogP contribution in [0.2, 0.25) is 0 Å². The van der Waals surface area contributed by atoms with Crippen LogP contribution < -0.4 is 0 Å². The van der Waals surface area contributed by atoms with Crippen LogP contribution in [0.15, 0.2) is 106 Å². The number of likely N-dealkylation sites (N-methyl/N-ethyl adjacent to an activating group) is 1. The number of carbonyl (C=O) groups is 2. The lowest BCUT2D eigenvalue weighted by Crippen LogP contribution is -2.36. The summed E-state index contributed by atoms with van der Waals surface area (Å²) in [6.07, 6.45) is 0. The second-order valence-corrected chi connectivity index (χ2v) is 12.4. The van der Waals surface area contributed by atoms with E-state index in [1.165, 1.54) is 35.8 Å². The summed E-state index contributed by atoms with van der Waals surface area (Å²) in [5.74, 6) is -1.32. The minimum Gasteiger partial charge on any atom is -0.419 e. The first kappa shape index (κ1) is 24.3. The molecule has 0 N–H and O–H groups in total. The highest BCUT2D eigenvalue weighted by Crippen LogP contribution is 2.40. The minimum atomic E-state index is -4.06. The summed E-state index contributed by atoms with van der Waals surface area (Å²) in [7, 11) is -2.76. The SMILES string of the molecule is CN1C(C(=O)c2ccc3ccccc3c2)=C(OC(=O)c2sccc2-c2cccs2)c2ccccc2S1(=O)=O. The summed E-state index contributed by atoms with van der Waals surface area (Å²) in [4.78, 5) is 28.7. The van der Waals surface area contributed by atoms with Crippen LogP contribution in [0.25, 0.3) is 27.0 Å². The molecule has 9 heteroatoms. The molecule has 0 aliphatic carbocycles. The molecular formula is C29H19NO5S3. The first-order chi connectivity index (χ1) is 18.4. The number of rotatable bonds is 5. The van der Waals surface area contributed by atoms with E-state index in [4.69, 9.17) is 4.74 Å². The lowest BCUT2D eigenvalue weighted by Gasteiger charge is -2.30. The van der Waals surface area contributed by atoms with Crippen LogP contribution in [-0.4, -0.2) is 31.5 Å². The van der Waals surface area contributed by atoms with Gasteiger partial charge in [-0.2, -0.15) is 0 Å². The maximum Gasteiger partial charge on any atom is 0.354 e. The molecule has 0 amide bonds. The van der Waals surface area contributed by atoms with Crippen molar-refractivity contribution >= 4 is 61.0 Å². The zero-order valence-corrected chi connectivity index (χ0v) is 22.4. The fraction of sp³-hybridized carbons (Fsp3) is 0.0345. The number of ketones is 1. The number of thiophene rings is 2. The number of nitrogens with zero attached hydrogens (tertiary/aromatic N) is 1. The molecule has 2 aromatic heterocycles. The second kappa shape index (κ2) is 9.36. The summed E-state index contributed by atoms with van der Waals surface area (Å²) in [5, 5.41) is 5.49. The van der Waals surface area contributed by atoms with Gasteiger partial charge in [0.05, 0.1) is 4.90 Å². The van der Waals surface area contributed by atoms with Gasteiger partial charge in [0.25, 0.3) is 10.0 Å². The number of sulfonamides is 1. The van der Waals surface area contributed by atoms with E-state index in [0.717, 1.165) is 25.5 Å². The molecule has 0 saturated heterocycles. The molecule has 0 bridgehead atoms. The van der Waals surface area contributed by atoms with E-state index >= 15 is 0 Å². The van der Waals surface area contributed by atoms with Crippen LogP contribution in [0.4, 0.5) is 0 Å². The van der Waals surface area contributed by atoms with Gasteiger partial charge in [-0.15, -0.1) is 22.7 Å². The first-order valence-electron chi connectivity index (χ1n) is 11.6. The van der Waals surface area contributed by atoms with Crippen molar-refractivity contribution < 1.29 is 22.7 Å². The zero-order chi connectivity index (χ0) is 26.4. The van der Waals surface area contributed by atoms with Gasteiger partial charge in [-0.25, -0.2) is 13.2 Å². The van der Waals surface area contributed by atoms with Crippen molar-refractivity contribution in [2.45, 2.75) is 4.90 Å². The molecule has 1 aliphatic heterocycles. The number of hydrogen-bond donors (Lipinski definition) is 0. The predicted octanol–water partition coefficient (Wildman–Crippen LogP) is 6.67. The van der Waals surface area contributed by atoms with Crippen molar-refractivity contribution in [3.8, 4) is 10.4 Å². The normalized spacial score (nSPS) is 14.4. The molecule has 3 heterocycles. The smallest absolute Gasteiger partial charge is 0.354 e. The Morgan fingerprint density at radius 1 is 0.789 bits per heavy atom. The molecule has 0 unspecified atom stereocenters. The number of ether oxygens (including phenoxy) is 1. The lowest BCUT2D eigenvalue weighted by molar-refractivity contribution is 0.0692. The average Bonchev–Trinajstić information content (AvgIpc) is 3.64. The first-order valence-corrected chi connectivity index (χ1v) is 14.8. The minimum absolute atomic E-state index is 0.0370. The predicted molar refractivity (Wildman–Crippen MR) is 150 cm³/mol. The number of Topliss-reactive ketones (excluding diaryl/α,β-unsaturated/α-hetero) is 1. The summed E-state index contributed by atoms with van der Waals surface area (Å²) in [6.45, 7) is 0. The second-order valence-electron chi connectivity index (χ2n) is 8.57. The van der Waals surface area contributed by atoms with E-state index in [1.807, 2.05) is 47.8 Å². The standard InChI is InChI=1S/C29H19NO5S3/c1-30-25(26(31)20-13-12-18-7-2-3-8-19(18)17-20)27(22-9-4-5-11-24(22)38(30,33)34)35-29(32)28-21(14-16-37-28)23-10-6-15-36-23/h2-17H,1H3. The van der Waals surface area contributed by atoms with Crippen LogP contribution in [0.1, 0.15) is 25.6 Å². The molecule has 1 aliphatic rings.